The Hall–Kier alpha value is -2.66. The molecule has 0 saturated carbocycles. The van der Waals surface area contributed by atoms with E-state index < -0.39 is 0 Å². The molecule has 5 heteroatoms. The molecule has 0 unspecified atom stereocenters. The Morgan fingerprint density at radius 1 is 1.09 bits per heavy atom. The van der Waals surface area contributed by atoms with Crippen LogP contribution in [0.25, 0.3) is 11.3 Å². The highest BCUT2D eigenvalue weighted by Gasteiger charge is 2.11. The van der Waals surface area contributed by atoms with Crippen LogP contribution in [0.2, 0.25) is 0 Å². The van der Waals surface area contributed by atoms with Crippen molar-refractivity contribution < 1.29 is 9.53 Å². The van der Waals surface area contributed by atoms with Gasteiger partial charge in [0.1, 0.15) is 5.75 Å². The van der Waals surface area contributed by atoms with E-state index in [9.17, 15) is 4.79 Å². The molecule has 22 heavy (non-hydrogen) atoms. The van der Waals surface area contributed by atoms with Crippen molar-refractivity contribution >= 4 is 28.1 Å². The maximum Gasteiger partial charge on any atom is 0.308 e. The van der Waals surface area contributed by atoms with Gasteiger partial charge >= 0.3 is 5.97 Å². The fourth-order valence-electron chi connectivity index (χ4n) is 2.02. The predicted octanol–water partition coefficient (Wildman–Crippen LogP) is 4.48. The van der Waals surface area contributed by atoms with Gasteiger partial charge in [-0.1, -0.05) is 30.3 Å². The van der Waals surface area contributed by atoms with E-state index in [-0.39, 0.29) is 5.97 Å². The Balaban J connectivity index is 1.86. The Labute approximate surface area is 132 Å². The molecule has 0 saturated heterocycles. The zero-order valence-electron chi connectivity index (χ0n) is 11.9. The quantitative estimate of drug-likeness (QED) is 0.570. The Kier molecular flexibility index (Phi) is 4.16. The minimum atomic E-state index is -0.342. The lowest BCUT2D eigenvalue weighted by Crippen LogP contribution is -2.02. The van der Waals surface area contributed by atoms with E-state index >= 15 is 0 Å². The maximum absolute atomic E-state index is 11.2. The minimum absolute atomic E-state index is 0.342. The molecule has 0 atom stereocenters. The second-order valence-corrected chi connectivity index (χ2v) is 5.48. The number of nitrogens with one attached hydrogen (secondary N) is 1. The molecular formula is C17H14N2O2S. The van der Waals surface area contributed by atoms with Crippen LogP contribution < -0.4 is 10.1 Å². The number of carbonyl (C=O) groups excluding carboxylic acids is 1. The molecule has 3 aromatic rings. The number of nitrogens with zero attached hydrogens (tertiary/aromatic N) is 1. The molecule has 0 fully saturated rings. The van der Waals surface area contributed by atoms with Crippen LogP contribution in [0.5, 0.6) is 5.75 Å². The van der Waals surface area contributed by atoms with Crippen LogP contribution in [-0.4, -0.2) is 11.0 Å². The molecule has 110 valence electrons. The number of hydrogen-bond acceptors (Lipinski definition) is 5. The zero-order valence-corrected chi connectivity index (χ0v) is 12.8. The number of para-hydroxylation sites is 2. The van der Waals surface area contributed by atoms with Crippen molar-refractivity contribution in [2.24, 2.45) is 0 Å². The van der Waals surface area contributed by atoms with Gasteiger partial charge in [0.15, 0.2) is 5.13 Å². The van der Waals surface area contributed by atoms with E-state index in [4.69, 9.17) is 4.74 Å². The van der Waals surface area contributed by atoms with Gasteiger partial charge in [0.2, 0.25) is 0 Å². The summed E-state index contributed by atoms with van der Waals surface area (Å²) in [5.74, 6) is 0.178. The topological polar surface area (TPSA) is 51.2 Å². The second kappa shape index (κ2) is 6.41. The first kappa shape index (κ1) is 14.3. The molecule has 1 aromatic heterocycles. The number of ether oxygens (including phenoxy) is 1. The normalized spacial score (nSPS) is 10.2. The van der Waals surface area contributed by atoms with Crippen LogP contribution in [-0.2, 0) is 4.79 Å². The van der Waals surface area contributed by atoms with Gasteiger partial charge in [-0.15, -0.1) is 11.3 Å². The number of rotatable bonds is 4. The number of esters is 1. The molecule has 0 aliphatic heterocycles. The molecule has 0 radical (unpaired) electrons. The molecule has 0 aliphatic carbocycles. The van der Waals surface area contributed by atoms with Crippen molar-refractivity contribution in [1.82, 2.24) is 4.98 Å². The third kappa shape index (κ3) is 3.32. The number of hydrogen-bond donors (Lipinski definition) is 1. The van der Waals surface area contributed by atoms with E-state index in [1.807, 2.05) is 53.9 Å². The van der Waals surface area contributed by atoms with Crippen molar-refractivity contribution in [2.45, 2.75) is 6.92 Å². The maximum atomic E-state index is 11.2. The summed E-state index contributed by atoms with van der Waals surface area (Å²) in [5.41, 5.74) is 2.56. The van der Waals surface area contributed by atoms with E-state index in [0.717, 1.165) is 22.1 Å². The standard InChI is InChI=1S/C17H14N2O2S/c1-12(20)21-16-10-6-5-9-14(16)15-11-22-17(19-15)18-13-7-3-2-4-8-13/h2-11H,1H3,(H,18,19). The monoisotopic (exact) mass is 310 g/mol. The summed E-state index contributed by atoms with van der Waals surface area (Å²) in [4.78, 5) is 15.8. The molecule has 0 spiro atoms. The van der Waals surface area contributed by atoms with Gasteiger partial charge in [0.25, 0.3) is 0 Å². The smallest absolute Gasteiger partial charge is 0.308 e. The second-order valence-electron chi connectivity index (χ2n) is 4.62. The predicted molar refractivity (Wildman–Crippen MR) is 88.6 cm³/mol. The molecule has 1 heterocycles. The largest absolute Gasteiger partial charge is 0.426 e. The van der Waals surface area contributed by atoms with Gasteiger partial charge in [-0.2, -0.15) is 0 Å². The zero-order chi connectivity index (χ0) is 15.4. The molecule has 0 bridgehead atoms. The third-order valence-corrected chi connectivity index (χ3v) is 3.70. The number of thiazole rings is 1. The summed E-state index contributed by atoms with van der Waals surface area (Å²) in [6.07, 6.45) is 0. The first-order valence-corrected chi connectivity index (χ1v) is 7.66. The lowest BCUT2D eigenvalue weighted by atomic mass is 10.1. The van der Waals surface area contributed by atoms with Gasteiger partial charge in [-0.25, -0.2) is 4.98 Å². The van der Waals surface area contributed by atoms with E-state index in [2.05, 4.69) is 10.3 Å². The van der Waals surface area contributed by atoms with E-state index in [1.165, 1.54) is 18.3 Å². The van der Waals surface area contributed by atoms with E-state index in [0.29, 0.717) is 5.75 Å². The molecule has 0 amide bonds. The summed E-state index contributed by atoms with van der Waals surface area (Å²) in [6, 6.07) is 17.2. The third-order valence-electron chi connectivity index (χ3n) is 2.95. The average molecular weight is 310 g/mol. The van der Waals surface area contributed by atoms with Gasteiger partial charge in [-0.3, -0.25) is 4.79 Å². The van der Waals surface area contributed by atoms with E-state index in [1.54, 1.807) is 6.07 Å². The van der Waals surface area contributed by atoms with Crippen molar-refractivity contribution in [2.75, 3.05) is 5.32 Å². The van der Waals surface area contributed by atoms with Crippen LogP contribution in [0, 0.1) is 0 Å². The van der Waals surface area contributed by atoms with Crippen LogP contribution in [0.4, 0.5) is 10.8 Å². The first-order chi connectivity index (χ1) is 10.7. The Morgan fingerprint density at radius 2 is 1.82 bits per heavy atom. The fraction of sp³-hybridized carbons (Fsp3) is 0.0588. The SMILES string of the molecule is CC(=O)Oc1ccccc1-c1csc(Nc2ccccc2)n1. The van der Waals surface area contributed by atoms with Crippen LogP contribution in [0.3, 0.4) is 0 Å². The summed E-state index contributed by atoms with van der Waals surface area (Å²) in [6.45, 7) is 1.39. The molecule has 1 N–H and O–H groups in total. The molecular weight excluding hydrogens is 296 g/mol. The number of aromatic nitrogens is 1. The van der Waals surface area contributed by atoms with Crippen molar-refractivity contribution in [1.29, 1.82) is 0 Å². The Bertz CT molecular complexity index is 784. The van der Waals surface area contributed by atoms with Gasteiger partial charge < -0.3 is 10.1 Å². The van der Waals surface area contributed by atoms with Gasteiger partial charge in [0.05, 0.1) is 5.69 Å². The van der Waals surface area contributed by atoms with Crippen LogP contribution in [0.1, 0.15) is 6.92 Å². The van der Waals surface area contributed by atoms with Crippen molar-refractivity contribution in [3.05, 3.63) is 60.0 Å². The van der Waals surface area contributed by atoms with Crippen molar-refractivity contribution in [3.63, 3.8) is 0 Å². The minimum Gasteiger partial charge on any atom is -0.426 e. The van der Waals surface area contributed by atoms with Crippen LogP contribution in [0.15, 0.2) is 60.0 Å². The summed E-state index contributed by atoms with van der Waals surface area (Å²) < 4.78 is 5.23. The molecule has 2 aromatic carbocycles. The Morgan fingerprint density at radius 3 is 2.59 bits per heavy atom. The molecule has 3 rings (SSSR count). The highest BCUT2D eigenvalue weighted by molar-refractivity contribution is 7.14. The summed E-state index contributed by atoms with van der Waals surface area (Å²) >= 11 is 1.50. The van der Waals surface area contributed by atoms with Crippen molar-refractivity contribution in [3.8, 4) is 17.0 Å². The summed E-state index contributed by atoms with van der Waals surface area (Å²) in [7, 11) is 0. The molecule has 0 aliphatic rings. The lowest BCUT2D eigenvalue weighted by molar-refractivity contribution is -0.131. The fourth-order valence-corrected chi connectivity index (χ4v) is 2.75. The van der Waals surface area contributed by atoms with Gasteiger partial charge in [-0.05, 0) is 24.3 Å². The number of anilines is 2. The highest BCUT2D eigenvalue weighted by Crippen LogP contribution is 2.33. The summed E-state index contributed by atoms with van der Waals surface area (Å²) in [5, 5.41) is 5.98. The van der Waals surface area contributed by atoms with Gasteiger partial charge in [0, 0.05) is 23.6 Å². The average Bonchev–Trinajstić information content (AvgIpc) is 2.96. The van der Waals surface area contributed by atoms with Crippen LogP contribution >= 0.6 is 11.3 Å². The highest BCUT2D eigenvalue weighted by atomic mass is 32.1. The molecule has 4 nitrogen and oxygen atoms in total. The number of benzene rings is 2. The first-order valence-electron chi connectivity index (χ1n) is 6.78. The lowest BCUT2D eigenvalue weighted by Gasteiger charge is -2.06. The number of carbonyl (C=O) groups is 1.